The Labute approximate surface area is 178 Å². The summed E-state index contributed by atoms with van der Waals surface area (Å²) in [6.45, 7) is 4.95. The van der Waals surface area contributed by atoms with Gasteiger partial charge in [0.2, 0.25) is 0 Å². The Kier molecular flexibility index (Phi) is 6.67. The first-order valence-electron chi connectivity index (χ1n) is 11.2. The molecule has 3 aromatic rings. The average molecular weight is 408 g/mol. The van der Waals surface area contributed by atoms with Crippen LogP contribution in [0.2, 0.25) is 0 Å². The van der Waals surface area contributed by atoms with Gasteiger partial charge in [-0.15, -0.1) is 10.2 Å². The molecule has 0 amide bonds. The second-order valence-corrected chi connectivity index (χ2v) is 8.09. The van der Waals surface area contributed by atoms with Gasteiger partial charge in [0.25, 0.3) is 0 Å². The second-order valence-electron chi connectivity index (χ2n) is 8.09. The van der Waals surface area contributed by atoms with E-state index in [4.69, 9.17) is 0 Å². The molecule has 0 atom stereocenters. The first-order valence-corrected chi connectivity index (χ1v) is 11.2. The van der Waals surface area contributed by atoms with E-state index in [2.05, 4.69) is 66.7 Å². The van der Waals surface area contributed by atoms with E-state index < -0.39 is 0 Å². The summed E-state index contributed by atoms with van der Waals surface area (Å²) in [5, 5.41) is 17.0. The number of fused-ring (bicyclic) bond motifs is 2. The van der Waals surface area contributed by atoms with Gasteiger partial charge in [-0.05, 0) is 49.8 Å². The first kappa shape index (κ1) is 20.4. The van der Waals surface area contributed by atoms with Crippen LogP contribution >= 0.6 is 0 Å². The third-order valence-electron chi connectivity index (χ3n) is 5.96. The molecule has 7 nitrogen and oxygen atoms in total. The van der Waals surface area contributed by atoms with Crippen LogP contribution in [0.4, 0.5) is 0 Å². The zero-order valence-corrected chi connectivity index (χ0v) is 18.2. The summed E-state index contributed by atoms with van der Waals surface area (Å²) >= 11 is 0. The maximum absolute atomic E-state index is 4.42. The molecule has 30 heavy (non-hydrogen) atoms. The van der Waals surface area contributed by atoms with Crippen LogP contribution in [0.3, 0.4) is 0 Å². The van der Waals surface area contributed by atoms with E-state index in [1.807, 2.05) is 7.05 Å². The molecule has 7 heteroatoms. The summed E-state index contributed by atoms with van der Waals surface area (Å²) in [6.07, 6.45) is 9.88. The lowest BCUT2D eigenvalue weighted by molar-refractivity contribution is 0.594. The third kappa shape index (κ3) is 4.66. The Bertz CT molecular complexity index is 998. The number of guanidine groups is 1. The van der Waals surface area contributed by atoms with Gasteiger partial charge in [-0.25, -0.2) is 0 Å². The summed E-state index contributed by atoms with van der Waals surface area (Å²) in [5.74, 6) is 3.15. The van der Waals surface area contributed by atoms with Gasteiger partial charge in [0.1, 0.15) is 11.6 Å². The molecule has 1 aliphatic heterocycles. The van der Waals surface area contributed by atoms with Crippen molar-refractivity contribution in [2.45, 2.75) is 58.4 Å². The quantitative estimate of drug-likeness (QED) is 0.319. The molecule has 1 aliphatic rings. The lowest BCUT2D eigenvalue weighted by Gasteiger charge is -2.12. The zero-order chi connectivity index (χ0) is 20.8. The standard InChI is InChI=1S/C23H33N7/c1-17-8-6-9-19-22(17)18(16-27-19)12-14-26-23(24-2)25-13-7-11-21-29-28-20-10-4-3-5-15-30(20)21/h6,8-9,16,27H,3-5,7,10-15H2,1-2H3,(H2,24,25,26). The number of nitrogens with one attached hydrogen (secondary N) is 3. The smallest absolute Gasteiger partial charge is 0.190 e. The summed E-state index contributed by atoms with van der Waals surface area (Å²) in [4.78, 5) is 7.73. The number of H-pyrrole nitrogens is 1. The molecule has 2 aromatic heterocycles. The minimum atomic E-state index is 0.846. The Balaban J connectivity index is 1.21. The van der Waals surface area contributed by atoms with Gasteiger partial charge in [0, 0.05) is 56.6 Å². The number of hydrogen-bond acceptors (Lipinski definition) is 3. The fourth-order valence-corrected chi connectivity index (χ4v) is 4.37. The van der Waals surface area contributed by atoms with Gasteiger partial charge in [0.05, 0.1) is 0 Å². The Hall–Kier alpha value is -2.83. The van der Waals surface area contributed by atoms with E-state index in [0.29, 0.717) is 0 Å². The number of aromatic amines is 1. The predicted octanol–water partition coefficient (Wildman–Crippen LogP) is 3.13. The van der Waals surface area contributed by atoms with E-state index in [1.54, 1.807) is 0 Å². The number of aromatic nitrogens is 4. The van der Waals surface area contributed by atoms with E-state index in [-0.39, 0.29) is 0 Å². The van der Waals surface area contributed by atoms with E-state index in [1.165, 1.54) is 47.1 Å². The number of aliphatic imine (C=N–C) groups is 1. The molecule has 0 saturated carbocycles. The molecule has 0 saturated heterocycles. The summed E-state index contributed by atoms with van der Waals surface area (Å²) in [6, 6.07) is 6.40. The van der Waals surface area contributed by atoms with Crippen LogP contribution in [0.25, 0.3) is 10.9 Å². The highest BCUT2D eigenvalue weighted by Crippen LogP contribution is 2.22. The van der Waals surface area contributed by atoms with Crippen molar-refractivity contribution >= 4 is 16.9 Å². The van der Waals surface area contributed by atoms with Crippen LogP contribution in [0, 0.1) is 6.92 Å². The fraction of sp³-hybridized carbons (Fsp3) is 0.522. The van der Waals surface area contributed by atoms with E-state index in [9.17, 15) is 0 Å². The normalized spacial score (nSPS) is 14.5. The van der Waals surface area contributed by atoms with Crippen LogP contribution in [0.15, 0.2) is 29.4 Å². The Morgan fingerprint density at radius 3 is 2.93 bits per heavy atom. The second kappa shape index (κ2) is 9.78. The molecule has 0 aliphatic carbocycles. The predicted molar refractivity (Wildman–Crippen MR) is 122 cm³/mol. The summed E-state index contributed by atoms with van der Waals surface area (Å²) in [7, 11) is 1.82. The number of hydrogen-bond donors (Lipinski definition) is 3. The lowest BCUT2D eigenvalue weighted by atomic mass is 10.1. The Morgan fingerprint density at radius 1 is 1.13 bits per heavy atom. The number of rotatable bonds is 7. The van der Waals surface area contributed by atoms with Crippen molar-refractivity contribution in [3.05, 3.63) is 47.2 Å². The number of benzene rings is 1. The molecular weight excluding hydrogens is 374 g/mol. The molecule has 1 aromatic carbocycles. The lowest BCUT2D eigenvalue weighted by Crippen LogP contribution is -2.38. The molecule has 0 bridgehead atoms. The van der Waals surface area contributed by atoms with Crippen molar-refractivity contribution in [2.24, 2.45) is 4.99 Å². The van der Waals surface area contributed by atoms with Crippen molar-refractivity contribution in [1.29, 1.82) is 0 Å². The maximum atomic E-state index is 4.42. The molecule has 0 radical (unpaired) electrons. The highest BCUT2D eigenvalue weighted by molar-refractivity contribution is 5.86. The van der Waals surface area contributed by atoms with Crippen molar-refractivity contribution in [1.82, 2.24) is 30.4 Å². The minimum Gasteiger partial charge on any atom is -0.361 e. The van der Waals surface area contributed by atoms with Crippen LogP contribution in [-0.2, 0) is 25.8 Å². The van der Waals surface area contributed by atoms with Crippen molar-refractivity contribution in [2.75, 3.05) is 20.1 Å². The fourth-order valence-electron chi connectivity index (χ4n) is 4.37. The van der Waals surface area contributed by atoms with Crippen molar-refractivity contribution in [3.8, 4) is 0 Å². The van der Waals surface area contributed by atoms with Gasteiger partial charge in [0.15, 0.2) is 5.96 Å². The minimum absolute atomic E-state index is 0.846. The van der Waals surface area contributed by atoms with Crippen molar-refractivity contribution < 1.29 is 0 Å². The molecule has 0 fully saturated rings. The SMILES string of the molecule is CN=C(NCCCc1nnc2n1CCCCC2)NCCc1c[nH]c2cccc(C)c12. The molecule has 160 valence electrons. The Morgan fingerprint density at radius 2 is 2.03 bits per heavy atom. The van der Waals surface area contributed by atoms with Gasteiger partial charge in [-0.2, -0.15) is 0 Å². The van der Waals surface area contributed by atoms with Gasteiger partial charge < -0.3 is 20.2 Å². The van der Waals surface area contributed by atoms with E-state index in [0.717, 1.165) is 57.1 Å². The van der Waals surface area contributed by atoms with Crippen LogP contribution in [-0.4, -0.2) is 45.8 Å². The van der Waals surface area contributed by atoms with Gasteiger partial charge in [-0.1, -0.05) is 18.6 Å². The number of nitrogens with zero attached hydrogens (tertiary/aromatic N) is 4. The molecular formula is C23H33N7. The van der Waals surface area contributed by atoms with Gasteiger partial charge in [-0.3, -0.25) is 4.99 Å². The zero-order valence-electron chi connectivity index (χ0n) is 18.2. The highest BCUT2D eigenvalue weighted by Gasteiger charge is 2.14. The average Bonchev–Trinajstić information content (AvgIpc) is 3.27. The molecule has 4 rings (SSSR count). The largest absolute Gasteiger partial charge is 0.361 e. The number of aryl methyl sites for hydroxylation is 3. The van der Waals surface area contributed by atoms with E-state index >= 15 is 0 Å². The van der Waals surface area contributed by atoms with Crippen LogP contribution in [0.1, 0.15) is 48.5 Å². The molecule has 0 spiro atoms. The summed E-state index contributed by atoms with van der Waals surface area (Å²) < 4.78 is 2.34. The topological polar surface area (TPSA) is 82.9 Å². The summed E-state index contributed by atoms with van der Waals surface area (Å²) in [5.41, 5.74) is 3.87. The highest BCUT2D eigenvalue weighted by atomic mass is 15.3. The van der Waals surface area contributed by atoms with Crippen LogP contribution < -0.4 is 10.6 Å². The van der Waals surface area contributed by atoms with Crippen molar-refractivity contribution in [3.63, 3.8) is 0 Å². The molecule has 3 heterocycles. The maximum Gasteiger partial charge on any atom is 0.190 e. The van der Waals surface area contributed by atoms with Crippen LogP contribution in [0.5, 0.6) is 0 Å². The first-order chi connectivity index (χ1) is 14.8. The monoisotopic (exact) mass is 407 g/mol. The molecule has 0 unspecified atom stereocenters. The third-order valence-corrected chi connectivity index (χ3v) is 5.96. The molecule has 3 N–H and O–H groups in total. The van der Waals surface area contributed by atoms with Gasteiger partial charge >= 0.3 is 0 Å².